The number of rotatable bonds is 4. The number of nitrogens with one attached hydrogen (secondary N) is 1. The zero-order valence-electron chi connectivity index (χ0n) is 12.1. The standard InChI is InChI=1S/C16H13ClF2N2O2/c1-16(15(20)23,9-3-2-4-10(17)7-9)21-14(22)12-6-5-11(18)8-13(12)19/h2-8H,1H3,(H2,20,23)(H,21,22)/t16-/m1/s1. The molecule has 1 atom stereocenters. The Kier molecular flexibility index (Phi) is 4.65. The summed E-state index contributed by atoms with van der Waals surface area (Å²) < 4.78 is 26.6. The van der Waals surface area contributed by atoms with E-state index < -0.39 is 34.6 Å². The Morgan fingerprint density at radius 1 is 1.17 bits per heavy atom. The number of primary amides is 1. The highest BCUT2D eigenvalue weighted by atomic mass is 35.5. The van der Waals surface area contributed by atoms with Crippen LogP contribution in [-0.4, -0.2) is 11.8 Å². The first-order chi connectivity index (χ1) is 10.7. The molecule has 0 radical (unpaired) electrons. The molecule has 0 aliphatic carbocycles. The van der Waals surface area contributed by atoms with Gasteiger partial charge in [0.1, 0.15) is 17.2 Å². The zero-order chi connectivity index (χ0) is 17.2. The van der Waals surface area contributed by atoms with Crippen LogP contribution in [0, 0.1) is 11.6 Å². The lowest BCUT2D eigenvalue weighted by atomic mass is 9.90. The van der Waals surface area contributed by atoms with E-state index >= 15 is 0 Å². The van der Waals surface area contributed by atoms with Crippen molar-refractivity contribution >= 4 is 23.4 Å². The van der Waals surface area contributed by atoms with Crippen molar-refractivity contribution in [3.8, 4) is 0 Å². The lowest BCUT2D eigenvalue weighted by molar-refractivity contribution is -0.123. The van der Waals surface area contributed by atoms with E-state index in [0.29, 0.717) is 16.7 Å². The smallest absolute Gasteiger partial charge is 0.255 e. The number of carbonyl (C=O) groups is 2. The highest BCUT2D eigenvalue weighted by molar-refractivity contribution is 6.30. The van der Waals surface area contributed by atoms with Gasteiger partial charge in [-0.3, -0.25) is 9.59 Å². The Hall–Kier alpha value is -2.47. The van der Waals surface area contributed by atoms with Crippen molar-refractivity contribution in [3.63, 3.8) is 0 Å². The van der Waals surface area contributed by atoms with Crippen LogP contribution in [0.4, 0.5) is 8.78 Å². The van der Waals surface area contributed by atoms with Crippen LogP contribution in [0.5, 0.6) is 0 Å². The predicted molar refractivity (Wildman–Crippen MR) is 81.8 cm³/mol. The fraction of sp³-hybridized carbons (Fsp3) is 0.125. The molecule has 0 unspecified atom stereocenters. The Bertz CT molecular complexity index is 782. The van der Waals surface area contributed by atoms with Gasteiger partial charge in [0, 0.05) is 11.1 Å². The second kappa shape index (κ2) is 6.34. The van der Waals surface area contributed by atoms with Gasteiger partial charge in [0.25, 0.3) is 5.91 Å². The van der Waals surface area contributed by atoms with E-state index in [-0.39, 0.29) is 0 Å². The second-order valence-electron chi connectivity index (χ2n) is 5.08. The lowest BCUT2D eigenvalue weighted by Crippen LogP contribution is -2.52. The van der Waals surface area contributed by atoms with Crippen LogP contribution in [0.15, 0.2) is 42.5 Å². The summed E-state index contributed by atoms with van der Waals surface area (Å²) in [6.07, 6.45) is 0. The Labute approximate surface area is 136 Å². The summed E-state index contributed by atoms with van der Waals surface area (Å²) in [6, 6.07) is 8.71. The summed E-state index contributed by atoms with van der Waals surface area (Å²) >= 11 is 5.89. The van der Waals surface area contributed by atoms with Gasteiger partial charge in [-0.15, -0.1) is 0 Å². The van der Waals surface area contributed by atoms with Crippen LogP contribution in [0.25, 0.3) is 0 Å². The number of benzene rings is 2. The molecule has 0 aromatic heterocycles. The van der Waals surface area contributed by atoms with Crippen LogP contribution >= 0.6 is 11.6 Å². The van der Waals surface area contributed by atoms with Crippen molar-refractivity contribution in [2.45, 2.75) is 12.5 Å². The lowest BCUT2D eigenvalue weighted by Gasteiger charge is -2.28. The molecule has 7 heteroatoms. The number of carbonyl (C=O) groups excluding carboxylic acids is 2. The van der Waals surface area contributed by atoms with Crippen LogP contribution in [0.2, 0.25) is 5.02 Å². The zero-order valence-corrected chi connectivity index (χ0v) is 12.8. The van der Waals surface area contributed by atoms with Gasteiger partial charge in [-0.2, -0.15) is 0 Å². The molecular formula is C16H13ClF2N2O2. The highest BCUT2D eigenvalue weighted by Gasteiger charge is 2.36. The third kappa shape index (κ3) is 3.48. The van der Waals surface area contributed by atoms with Crippen molar-refractivity contribution in [3.05, 3.63) is 70.2 Å². The van der Waals surface area contributed by atoms with Crippen molar-refractivity contribution < 1.29 is 18.4 Å². The number of halogens is 3. The molecular weight excluding hydrogens is 326 g/mol. The van der Waals surface area contributed by atoms with Crippen molar-refractivity contribution in [1.29, 1.82) is 0 Å². The Morgan fingerprint density at radius 2 is 1.87 bits per heavy atom. The third-order valence-electron chi connectivity index (χ3n) is 3.43. The van der Waals surface area contributed by atoms with E-state index in [1.54, 1.807) is 18.2 Å². The van der Waals surface area contributed by atoms with Crippen molar-refractivity contribution in [2.24, 2.45) is 5.73 Å². The van der Waals surface area contributed by atoms with E-state index in [9.17, 15) is 18.4 Å². The molecule has 0 aliphatic rings. The molecule has 0 saturated heterocycles. The molecule has 0 aliphatic heterocycles. The monoisotopic (exact) mass is 338 g/mol. The van der Waals surface area contributed by atoms with Crippen LogP contribution in [0.3, 0.4) is 0 Å². The van der Waals surface area contributed by atoms with E-state index in [0.717, 1.165) is 12.1 Å². The molecule has 120 valence electrons. The number of hydrogen-bond donors (Lipinski definition) is 2. The minimum Gasteiger partial charge on any atom is -0.367 e. The Balaban J connectivity index is 2.40. The summed E-state index contributed by atoms with van der Waals surface area (Å²) in [5.74, 6) is -3.61. The van der Waals surface area contributed by atoms with E-state index in [1.165, 1.54) is 13.0 Å². The summed E-state index contributed by atoms with van der Waals surface area (Å²) in [5, 5.41) is 2.72. The van der Waals surface area contributed by atoms with Gasteiger partial charge >= 0.3 is 0 Å². The van der Waals surface area contributed by atoms with Crippen LogP contribution < -0.4 is 11.1 Å². The molecule has 0 heterocycles. The molecule has 2 amide bonds. The SMILES string of the molecule is C[C@](NC(=O)c1ccc(F)cc1F)(C(N)=O)c1cccc(Cl)c1. The maximum absolute atomic E-state index is 13.7. The minimum atomic E-state index is -1.61. The first-order valence-electron chi connectivity index (χ1n) is 6.57. The van der Waals surface area contributed by atoms with Crippen LogP contribution in [0.1, 0.15) is 22.8 Å². The van der Waals surface area contributed by atoms with Crippen molar-refractivity contribution in [1.82, 2.24) is 5.32 Å². The molecule has 4 nitrogen and oxygen atoms in total. The van der Waals surface area contributed by atoms with Crippen molar-refractivity contribution in [2.75, 3.05) is 0 Å². The molecule has 2 aromatic rings. The average Bonchev–Trinajstić information content (AvgIpc) is 2.46. The largest absolute Gasteiger partial charge is 0.367 e. The maximum Gasteiger partial charge on any atom is 0.255 e. The quantitative estimate of drug-likeness (QED) is 0.899. The summed E-state index contributed by atoms with van der Waals surface area (Å²) in [5.41, 5.74) is 3.72. The molecule has 2 rings (SSSR count). The van der Waals surface area contributed by atoms with Gasteiger partial charge in [0.05, 0.1) is 5.56 Å². The molecule has 3 N–H and O–H groups in total. The van der Waals surface area contributed by atoms with E-state index in [1.807, 2.05) is 0 Å². The van der Waals surface area contributed by atoms with Gasteiger partial charge in [0.15, 0.2) is 0 Å². The third-order valence-corrected chi connectivity index (χ3v) is 3.67. The maximum atomic E-state index is 13.7. The van der Waals surface area contributed by atoms with Gasteiger partial charge in [-0.1, -0.05) is 23.7 Å². The normalized spacial score (nSPS) is 13.2. The van der Waals surface area contributed by atoms with Gasteiger partial charge in [-0.05, 0) is 36.8 Å². The molecule has 23 heavy (non-hydrogen) atoms. The highest BCUT2D eigenvalue weighted by Crippen LogP contribution is 2.24. The van der Waals surface area contributed by atoms with Gasteiger partial charge in [-0.25, -0.2) is 8.78 Å². The fourth-order valence-electron chi connectivity index (χ4n) is 2.04. The first kappa shape index (κ1) is 16.9. The number of amides is 2. The van der Waals surface area contributed by atoms with E-state index in [4.69, 9.17) is 17.3 Å². The van der Waals surface area contributed by atoms with Gasteiger partial charge < -0.3 is 11.1 Å². The molecule has 2 aromatic carbocycles. The predicted octanol–water partition coefficient (Wildman–Crippen LogP) is 2.75. The summed E-state index contributed by atoms with van der Waals surface area (Å²) in [6.45, 7) is 1.38. The fourth-order valence-corrected chi connectivity index (χ4v) is 2.23. The summed E-state index contributed by atoms with van der Waals surface area (Å²) in [7, 11) is 0. The molecule has 0 fully saturated rings. The summed E-state index contributed by atoms with van der Waals surface area (Å²) in [4.78, 5) is 24.1. The first-order valence-corrected chi connectivity index (χ1v) is 6.95. The topological polar surface area (TPSA) is 72.2 Å². The number of hydrogen-bond acceptors (Lipinski definition) is 2. The van der Waals surface area contributed by atoms with E-state index in [2.05, 4.69) is 5.32 Å². The van der Waals surface area contributed by atoms with Gasteiger partial charge in [0.2, 0.25) is 5.91 Å². The molecule has 0 saturated carbocycles. The average molecular weight is 339 g/mol. The Morgan fingerprint density at radius 3 is 2.43 bits per heavy atom. The molecule has 0 spiro atoms. The molecule has 0 bridgehead atoms. The van der Waals surface area contributed by atoms with Crippen LogP contribution in [-0.2, 0) is 10.3 Å². The minimum absolute atomic E-state index is 0.341. The second-order valence-corrected chi connectivity index (χ2v) is 5.51. The number of nitrogens with two attached hydrogens (primary N) is 1.